The van der Waals surface area contributed by atoms with E-state index in [0.29, 0.717) is 6.54 Å². The van der Waals surface area contributed by atoms with Gasteiger partial charge >= 0.3 is 0 Å². The van der Waals surface area contributed by atoms with Crippen molar-refractivity contribution in [3.8, 4) is 0 Å². The van der Waals surface area contributed by atoms with Gasteiger partial charge in [0.1, 0.15) is 5.56 Å². The molecule has 4 heteroatoms. The molecule has 0 bridgehead atoms. The van der Waals surface area contributed by atoms with Gasteiger partial charge in [-0.05, 0) is 30.5 Å². The molecule has 96 valence electrons. The topological polar surface area (TPSA) is 51.1 Å². The van der Waals surface area contributed by atoms with Crippen LogP contribution < -0.4 is 10.9 Å². The lowest BCUT2D eigenvalue weighted by atomic mass is 10.1. The fourth-order valence-corrected chi connectivity index (χ4v) is 1.95. The Labute approximate surface area is 107 Å². The van der Waals surface area contributed by atoms with E-state index in [9.17, 15) is 9.59 Å². The molecule has 1 aromatic rings. The van der Waals surface area contributed by atoms with Gasteiger partial charge in [0.2, 0.25) is 0 Å². The summed E-state index contributed by atoms with van der Waals surface area (Å²) in [7, 11) is 1.52. The molecule has 0 fully saturated rings. The Hall–Kier alpha value is -2.10. The Morgan fingerprint density at radius 3 is 3.00 bits per heavy atom. The highest BCUT2D eigenvalue weighted by atomic mass is 16.2. The second-order valence-electron chi connectivity index (χ2n) is 4.19. The van der Waals surface area contributed by atoms with E-state index in [1.54, 1.807) is 22.9 Å². The van der Waals surface area contributed by atoms with Crippen LogP contribution in [0.25, 0.3) is 0 Å². The third kappa shape index (κ3) is 2.59. The predicted octanol–water partition coefficient (Wildman–Crippen LogP) is 1.73. The quantitative estimate of drug-likeness (QED) is 0.883. The molecule has 0 aromatic carbocycles. The number of aromatic nitrogens is 1. The number of hydrogen-bond acceptors (Lipinski definition) is 2. The Kier molecular flexibility index (Phi) is 3.77. The van der Waals surface area contributed by atoms with Gasteiger partial charge in [-0.1, -0.05) is 18.2 Å². The van der Waals surface area contributed by atoms with Crippen LogP contribution >= 0.6 is 0 Å². The van der Waals surface area contributed by atoms with E-state index >= 15 is 0 Å². The minimum atomic E-state index is -0.345. The highest BCUT2D eigenvalue weighted by Gasteiger charge is 2.10. The molecule has 1 N–H and O–H groups in total. The summed E-state index contributed by atoms with van der Waals surface area (Å²) < 4.78 is 1.56. The molecule has 1 heterocycles. The van der Waals surface area contributed by atoms with Gasteiger partial charge in [0.15, 0.2) is 0 Å². The van der Waals surface area contributed by atoms with Crippen molar-refractivity contribution in [1.29, 1.82) is 0 Å². The maximum atomic E-state index is 12.1. The Morgan fingerprint density at radius 2 is 2.33 bits per heavy atom. The summed E-state index contributed by atoms with van der Waals surface area (Å²) in [6.45, 7) is 0.514. The number of nitrogens with one attached hydrogen (secondary N) is 1. The Balaban J connectivity index is 0.00000180. The van der Waals surface area contributed by atoms with Crippen molar-refractivity contribution in [1.82, 2.24) is 9.88 Å². The molecule has 0 aliphatic heterocycles. The van der Waals surface area contributed by atoms with Crippen LogP contribution in [0.1, 0.15) is 24.6 Å². The van der Waals surface area contributed by atoms with E-state index in [0.717, 1.165) is 18.4 Å². The van der Waals surface area contributed by atoms with Crippen LogP contribution in [-0.4, -0.2) is 17.5 Å². The first-order valence-corrected chi connectivity index (χ1v) is 5.99. The van der Waals surface area contributed by atoms with Crippen LogP contribution in [0.15, 0.2) is 46.9 Å². The summed E-state index contributed by atoms with van der Waals surface area (Å²) >= 11 is 0. The second-order valence-corrected chi connectivity index (χ2v) is 4.19. The van der Waals surface area contributed by atoms with E-state index in [2.05, 4.69) is 17.5 Å². The number of carbonyl (C=O) groups excluding carboxylic acids is 1. The number of rotatable bonds is 3. The molecular weight excluding hydrogens is 228 g/mol. The lowest BCUT2D eigenvalue weighted by Crippen LogP contribution is -2.31. The average molecular weight is 246 g/mol. The predicted molar refractivity (Wildman–Crippen MR) is 72.7 cm³/mol. The van der Waals surface area contributed by atoms with Crippen molar-refractivity contribution >= 4 is 5.91 Å². The summed E-state index contributed by atoms with van der Waals surface area (Å²) in [5.74, 6) is -0.345. The van der Waals surface area contributed by atoms with E-state index in [1.807, 2.05) is 6.08 Å². The molecule has 1 aliphatic carbocycles. The summed E-state index contributed by atoms with van der Waals surface area (Å²) in [5, 5.41) is 2.47. The first kappa shape index (κ1) is 12.4. The Bertz CT molecular complexity index is 573. The highest BCUT2D eigenvalue weighted by Crippen LogP contribution is 2.10. The molecule has 4 nitrogen and oxygen atoms in total. The van der Waals surface area contributed by atoms with Gasteiger partial charge in [0, 0.05) is 14.7 Å². The van der Waals surface area contributed by atoms with E-state index in [1.165, 1.54) is 7.05 Å². The molecule has 1 aliphatic rings. The summed E-state index contributed by atoms with van der Waals surface area (Å²) in [4.78, 5) is 23.6. The zero-order valence-electron chi connectivity index (χ0n) is 10.3. The van der Waals surface area contributed by atoms with E-state index in [4.69, 9.17) is 0 Å². The van der Waals surface area contributed by atoms with Crippen molar-refractivity contribution in [3.63, 3.8) is 0 Å². The number of pyridine rings is 1. The maximum absolute atomic E-state index is 12.1. The molecule has 0 atom stereocenters. The number of allylic oxidation sites excluding steroid dienone is 4. The van der Waals surface area contributed by atoms with Gasteiger partial charge in [0.25, 0.3) is 11.5 Å². The van der Waals surface area contributed by atoms with Gasteiger partial charge in [-0.2, -0.15) is 0 Å². The van der Waals surface area contributed by atoms with E-state index < -0.39 is 0 Å². The molecule has 2 rings (SSSR count). The lowest BCUT2D eigenvalue weighted by molar-refractivity contribution is 0.0961. The van der Waals surface area contributed by atoms with Crippen LogP contribution in [0, 0.1) is 0 Å². The molecule has 0 saturated carbocycles. The molecule has 0 unspecified atom stereocenters. The van der Waals surface area contributed by atoms with Crippen molar-refractivity contribution in [2.75, 3.05) is 7.05 Å². The lowest BCUT2D eigenvalue weighted by Gasteiger charge is -2.10. The number of amides is 1. The fourth-order valence-electron chi connectivity index (χ4n) is 1.95. The molecule has 18 heavy (non-hydrogen) atoms. The van der Waals surface area contributed by atoms with E-state index in [-0.39, 0.29) is 18.5 Å². The zero-order valence-corrected chi connectivity index (χ0v) is 10.3. The van der Waals surface area contributed by atoms with Crippen LogP contribution in [0.4, 0.5) is 0 Å². The van der Waals surface area contributed by atoms with Gasteiger partial charge in [-0.3, -0.25) is 9.59 Å². The van der Waals surface area contributed by atoms with Crippen LogP contribution in [-0.2, 0) is 6.54 Å². The number of nitrogens with zero attached hydrogens (tertiary/aromatic N) is 1. The molecule has 0 spiro atoms. The SMILES string of the molecule is CNC(=O)c1cccn(CC2=CCCC=C2)c1=O.[HH]. The third-order valence-corrected chi connectivity index (χ3v) is 2.92. The largest absolute Gasteiger partial charge is 0.355 e. The summed E-state index contributed by atoms with van der Waals surface area (Å²) in [5.41, 5.74) is 1.04. The van der Waals surface area contributed by atoms with Crippen molar-refractivity contribution < 1.29 is 6.22 Å². The monoisotopic (exact) mass is 246 g/mol. The van der Waals surface area contributed by atoms with Crippen molar-refractivity contribution in [2.24, 2.45) is 0 Å². The number of carbonyl (C=O) groups is 1. The highest BCUT2D eigenvalue weighted by molar-refractivity contribution is 5.93. The van der Waals surface area contributed by atoms with Crippen LogP contribution in [0.5, 0.6) is 0 Å². The molecular formula is C14H18N2O2. The van der Waals surface area contributed by atoms with Crippen LogP contribution in [0.3, 0.4) is 0 Å². The molecule has 1 amide bonds. The van der Waals surface area contributed by atoms with Gasteiger partial charge in [0.05, 0.1) is 6.54 Å². The normalized spacial score (nSPS) is 14.2. The maximum Gasteiger partial charge on any atom is 0.263 e. The van der Waals surface area contributed by atoms with Gasteiger partial charge in [-0.25, -0.2) is 0 Å². The minimum absolute atomic E-state index is 0. The first-order chi connectivity index (χ1) is 8.72. The first-order valence-electron chi connectivity index (χ1n) is 5.99. The molecule has 1 aromatic heterocycles. The Morgan fingerprint density at radius 1 is 1.50 bits per heavy atom. The zero-order chi connectivity index (χ0) is 13.0. The molecule has 0 radical (unpaired) electrons. The molecule has 0 saturated heterocycles. The van der Waals surface area contributed by atoms with Crippen molar-refractivity contribution in [2.45, 2.75) is 19.4 Å². The van der Waals surface area contributed by atoms with Crippen LogP contribution in [0.2, 0.25) is 0 Å². The minimum Gasteiger partial charge on any atom is -0.355 e. The average Bonchev–Trinajstić information content (AvgIpc) is 2.41. The smallest absolute Gasteiger partial charge is 0.263 e. The summed E-state index contributed by atoms with van der Waals surface area (Å²) in [6.07, 6.45) is 10.0. The van der Waals surface area contributed by atoms with Gasteiger partial charge < -0.3 is 9.88 Å². The third-order valence-electron chi connectivity index (χ3n) is 2.92. The number of hydrogen-bond donors (Lipinski definition) is 1. The fraction of sp³-hybridized carbons (Fsp3) is 0.286. The second kappa shape index (κ2) is 5.49. The van der Waals surface area contributed by atoms with Gasteiger partial charge in [-0.15, -0.1) is 0 Å². The summed E-state index contributed by atoms with van der Waals surface area (Å²) in [6, 6.07) is 3.27. The van der Waals surface area contributed by atoms with Crippen molar-refractivity contribution in [3.05, 3.63) is 58.0 Å². The standard InChI is InChI=1S/C14H16N2O2.H2/c1-15-13(17)12-8-5-9-16(14(12)18)10-11-6-3-2-4-7-11;/h3,5-9H,2,4,10H2,1H3,(H,15,17);1H.